The summed E-state index contributed by atoms with van der Waals surface area (Å²) in [6.07, 6.45) is 3.46. The second-order valence-corrected chi connectivity index (χ2v) is 9.07. The number of phenolic OH excluding ortho intramolecular Hbond substituents is 1. The molecule has 0 aromatic heterocycles. The van der Waals surface area contributed by atoms with Gasteiger partial charge >= 0.3 is 5.97 Å². The zero-order valence-corrected chi connectivity index (χ0v) is 17.6. The summed E-state index contributed by atoms with van der Waals surface area (Å²) in [5, 5.41) is 22.0. The first-order valence-corrected chi connectivity index (χ1v) is 10.7. The van der Waals surface area contributed by atoms with Crippen LogP contribution in [0.2, 0.25) is 0 Å². The Morgan fingerprint density at radius 1 is 1.23 bits per heavy atom. The molecule has 3 N–H and O–H groups in total. The van der Waals surface area contributed by atoms with Crippen molar-refractivity contribution in [1.29, 1.82) is 0 Å². The van der Waals surface area contributed by atoms with Gasteiger partial charge in [-0.15, -0.1) is 11.8 Å². The SMILES string of the molecule is C/C=C\C1=C(C(=O)O)N2C(=O)C(N3C(=O)C(c4ccc(O)cc4)NC3(C)C)[C@@H]2SC1. The number of thioether (sulfide) groups is 1. The minimum Gasteiger partial charge on any atom is -0.508 e. The maximum absolute atomic E-state index is 13.3. The standard InChI is InChI=1S/C21H23N3O5S/c1-4-5-12-10-30-19-16(18(27)23(19)15(12)20(28)29)24-17(26)14(22-21(24,2)3)11-6-8-13(25)9-7-11/h4-9,14,16,19,22,25H,10H2,1-3H3,(H,28,29)/b5-4-/t14?,16?,19-/m0/s1. The summed E-state index contributed by atoms with van der Waals surface area (Å²) < 4.78 is 0. The number of nitrogens with zero attached hydrogens (tertiary/aromatic N) is 2. The van der Waals surface area contributed by atoms with Gasteiger partial charge in [0.25, 0.3) is 5.91 Å². The van der Waals surface area contributed by atoms with Crippen LogP contribution in [0, 0.1) is 0 Å². The third kappa shape index (κ3) is 3.00. The summed E-state index contributed by atoms with van der Waals surface area (Å²) in [5.41, 5.74) is 0.467. The van der Waals surface area contributed by atoms with Crippen molar-refractivity contribution in [3.05, 3.63) is 53.3 Å². The van der Waals surface area contributed by atoms with E-state index in [0.29, 0.717) is 16.9 Å². The molecule has 0 bridgehead atoms. The number of phenols is 1. The van der Waals surface area contributed by atoms with Crippen LogP contribution in [0.3, 0.4) is 0 Å². The van der Waals surface area contributed by atoms with E-state index in [1.165, 1.54) is 28.8 Å². The second kappa shape index (κ2) is 7.17. The largest absolute Gasteiger partial charge is 0.508 e. The summed E-state index contributed by atoms with van der Waals surface area (Å²) in [5.74, 6) is -1.22. The van der Waals surface area contributed by atoms with Gasteiger partial charge in [0.15, 0.2) is 0 Å². The number of aliphatic carboxylic acids is 1. The predicted octanol–water partition coefficient (Wildman–Crippen LogP) is 1.80. The normalized spacial score (nSPS) is 28.2. The number of carboxylic acids is 1. The van der Waals surface area contributed by atoms with E-state index in [1.807, 2.05) is 13.8 Å². The molecule has 0 saturated carbocycles. The molecular formula is C21H23N3O5S. The number of benzene rings is 1. The van der Waals surface area contributed by atoms with Gasteiger partial charge in [0.05, 0.1) is 5.66 Å². The van der Waals surface area contributed by atoms with Gasteiger partial charge in [-0.3, -0.25) is 19.8 Å². The van der Waals surface area contributed by atoms with Crippen LogP contribution in [0.15, 0.2) is 47.7 Å². The van der Waals surface area contributed by atoms with Crippen LogP contribution in [0.1, 0.15) is 32.4 Å². The molecule has 8 nitrogen and oxygen atoms in total. The lowest BCUT2D eigenvalue weighted by atomic mass is 9.98. The van der Waals surface area contributed by atoms with E-state index in [1.54, 1.807) is 36.1 Å². The average Bonchev–Trinajstić information content (AvgIpc) is 2.92. The molecule has 2 fully saturated rings. The Morgan fingerprint density at radius 2 is 1.90 bits per heavy atom. The molecule has 1 aromatic rings. The number of carbonyl (C=O) groups excluding carboxylic acids is 2. The van der Waals surface area contributed by atoms with Gasteiger partial charge in [-0.1, -0.05) is 24.3 Å². The van der Waals surface area contributed by atoms with Crippen molar-refractivity contribution in [3.8, 4) is 5.75 Å². The number of allylic oxidation sites excluding steroid dienone is 2. The molecule has 3 aliphatic rings. The van der Waals surface area contributed by atoms with Gasteiger partial charge in [-0.25, -0.2) is 4.79 Å². The van der Waals surface area contributed by atoms with E-state index in [9.17, 15) is 24.6 Å². The van der Waals surface area contributed by atoms with Gasteiger partial charge in [0.2, 0.25) is 5.91 Å². The van der Waals surface area contributed by atoms with Crippen LogP contribution in [-0.2, 0) is 14.4 Å². The van der Waals surface area contributed by atoms with Crippen LogP contribution < -0.4 is 5.32 Å². The fraction of sp³-hybridized carbons (Fsp3) is 0.381. The summed E-state index contributed by atoms with van der Waals surface area (Å²) in [4.78, 5) is 41.1. The molecule has 158 valence electrons. The molecule has 30 heavy (non-hydrogen) atoms. The fourth-order valence-corrected chi connectivity index (χ4v) is 5.70. The quantitative estimate of drug-likeness (QED) is 0.626. The van der Waals surface area contributed by atoms with Gasteiger partial charge < -0.3 is 15.1 Å². The van der Waals surface area contributed by atoms with E-state index < -0.39 is 29.1 Å². The second-order valence-electron chi connectivity index (χ2n) is 7.97. The number of amides is 2. The number of hydrogen-bond donors (Lipinski definition) is 3. The molecule has 0 radical (unpaired) electrons. The average molecular weight is 429 g/mol. The first kappa shape index (κ1) is 20.5. The first-order valence-electron chi connectivity index (χ1n) is 9.61. The van der Waals surface area contributed by atoms with Crippen molar-refractivity contribution in [2.24, 2.45) is 0 Å². The van der Waals surface area contributed by atoms with E-state index in [0.717, 1.165) is 0 Å². The molecule has 3 atom stereocenters. The zero-order valence-electron chi connectivity index (χ0n) is 16.8. The Labute approximate surface area is 178 Å². The maximum Gasteiger partial charge on any atom is 0.352 e. The van der Waals surface area contributed by atoms with Crippen molar-refractivity contribution < 1.29 is 24.6 Å². The molecule has 2 unspecified atom stereocenters. The van der Waals surface area contributed by atoms with Gasteiger partial charge in [-0.2, -0.15) is 0 Å². The summed E-state index contributed by atoms with van der Waals surface area (Å²) in [7, 11) is 0. The highest BCUT2D eigenvalue weighted by molar-refractivity contribution is 8.00. The third-order valence-corrected chi connectivity index (χ3v) is 6.92. The number of aromatic hydroxyl groups is 1. The molecule has 4 rings (SSSR count). The van der Waals surface area contributed by atoms with E-state index in [4.69, 9.17) is 0 Å². The summed E-state index contributed by atoms with van der Waals surface area (Å²) >= 11 is 1.46. The minimum atomic E-state index is -1.15. The number of nitrogens with one attached hydrogen (secondary N) is 1. The molecule has 0 aliphatic carbocycles. The fourth-order valence-electron chi connectivity index (χ4n) is 4.33. The lowest BCUT2D eigenvalue weighted by molar-refractivity contribution is -0.162. The number of hydrogen-bond acceptors (Lipinski definition) is 6. The number of rotatable bonds is 4. The monoisotopic (exact) mass is 429 g/mol. The minimum absolute atomic E-state index is 0.00871. The zero-order chi connectivity index (χ0) is 21.8. The van der Waals surface area contributed by atoms with Gasteiger partial charge in [-0.05, 0) is 44.0 Å². The molecule has 9 heteroatoms. The lowest BCUT2D eigenvalue weighted by Gasteiger charge is -2.54. The smallest absolute Gasteiger partial charge is 0.352 e. The number of carbonyl (C=O) groups is 3. The van der Waals surface area contributed by atoms with Crippen LogP contribution in [0.25, 0.3) is 0 Å². The van der Waals surface area contributed by atoms with Gasteiger partial charge in [0, 0.05) is 5.75 Å². The van der Waals surface area contributed by atoms with Crippen molar-refractivity contribution in [3.63, 3.8) is 0 Å². The van der Waals surface area contributed by atoms with Crippen LogP contribution >= 0.6 is 11.8 Å². The van der Waals surface area contributed by atoms with Crippen LogP contribution in [0.5, 0.6) is 5.75 Å². The Balaban J connectivity index is 1.65. The van der Waals surface area contributed by atoms with Crippen molar-refractivity contribution >= 4 is 29.5 Å². The Hall–Kier alpha value is -2.78. The topological polar surface area (TPSA) is 110 Å². The molecule has 2 saturated heterocycles. The number of fused-ring (bicyclic) bond motifs is 1. The summed E-state index contributed by atoms with van der Waals surface area (Å²) in [6.45, 7) is 5.45. The molecule has 2 amide bonds. The number of β-lactam (4-membered cyclic amide) rings is 1. The Morgan fingerprint density at radius 3 is 2.50 bits per heavy atom. The molecule has 0 spiro atoms. The lowest BCUT2D eigenvalue weighted by Crippen LogP contribution is -2.73. The highest BCUT2D eigenvalue weighted by Crippen LogP contribution is 2.46. The predicted molar refractivity (Wildman–Crippen MR) is 111 cm³/mol. The molecule has 3 heterocycles. The van der Waals surface area contributed by atoms with Gasteiger partial charge in [0.1, 0.15) is 28.9 Å². The molecule has 1 aromatic carbocycles. The first-order chi connectivity index (χ1) is 14.2. The van der Waals surface area contributed by atoms with E-state index >= 15 is 0 Å². The molecular weight excluding hydrogens is 406 g/mol. The van der Waals surface area contributed by atoms with Crippen molar-refractivity contribution in [2.45, 2.75) is 43.9 Å². The number of carboxylic acid groups (broad SMARTS) is 1. The Kier molecular flexibility index (Phi) is 4.90. The van der Waals surface area contributed by atoms with Crippen molar-refractivity contribution in [1.82, 2.24) is 15.1 Å². The Bertz CT molecular complexity index is 985. The maximum atomic E-state index is 13.3. The highest BCUT2D eigenvalue weighted by Gasteiger charge is 2.62. The molecule has 3 aliphatic heterocycles. The third-order valence-electron chi connectivity index (χ3n) is 5.63. The summed E-state index contributed by atoms with van der Waals surface area (Å²) in [6, 6.07) is 4.98. The highest BCUT2D eigenvalue weighted by atomic mass is 32.2. The van der Waals surface area contributed by atoms with E-state index in [-0.39, 0.29) is 23.3 Å². The van der Waals surface area contributed by atoms with Crippen LogP contribution in [0.4, 0.5) is 0 Å². The van der Waals surface area contributed by atoms with Crippen molar-refractivity contribution in [2.75, 3.05) is 5.75 Å². The van der Waals surface area contributed by atoms with Crippen LogP contribution in [-0.4, -0.2) is 60.6 Å². The van der Waals surface area contributed by atoms with E-state index in [2.05, 4.69) is 5.32 Å².